The maximum absolute atomic E-state index is 13.1. The smallest absolute Gasteiger partial charge is 0.248 e. The molecule has 2 aromatic rings. The topological polar surface area (TPSA) is 29.1 Å². The molecule has 0 fully saturated rings. The van der Waals surface area contributed by atoms with Gasteiger partial charge in [-0.3, -0.25) is 4.79 Å². The molecule has 0 bridgehead atoms. The van der Waals surface area contributed by atoms with Crippen molar-refractivity contribution < 1.29 is 9.18 Å². The minimum absolute atomic E-state index is 0.264. The molecule has 1 aromatic carbocycles. The number of rotatable bonds is 3. The fourth-order valence-corrected chi connectivity index (χ4v) is 2.38. The van der Waals surface area contributed by atoms with E-state index in [0.29, 0.717) is 5.69 Å². The Kier molecular flexibility index (Phi) is 4.12. The summed E-state index contributed by atoms with van der Waals surface area (Å²) in [6.07, 6.45) is 3.21. The summed E-state index contributed by atoms with van der Waals surface area (Å²) in [6.45, 7) is 3.83. The molecule has 98 valence electrons. The predicted molar refractivity (Wildman–Crippen MR) is 77.9 cm³/mol. The number of carbonyl (C=O) groups is 1. The highest BCUT2D eigenvalue weighted by Gasteiger charge is 2.03. The predicted octanol–water partition coefficient (Wildman–Crippen LogP) is 4.16. The first-order chi connectivity index (χ1) is 9.04. The fraction of sp³-hybridized carbons (Fsp3) is 0.133. The SMILES string of the molecule is Cc1ccc(/C=C/C(=O)Nc2cc(F)ccc2C)s1. The number of aryl methyl sites for hydroxylation is 2. The summed E-state index contributed by atoms with van der Waals surface area (Å²) in [5, 5.41) is 2.67. The second-order valence-electron chi connectivity index (χ2n) is 4.23. The van der Waals surface area contributed by atoms with Crippen LogP contribution < -0.4 is 5.32 Å². The third kappa shape index (κ3) is 3.76. The van der Waals surface area contributed by atoms with Gasteiger partial charge >= 0.3 is 0 Å². The van der Waals surface area contributed by atoms with Gasteiger partial charge in [0.05, 0.1) is 0 Å². The quantitative estimate of drug-likeness (QED) is 0.837. The largest absolute Gasteiger partial charge is 0.322 e. The lowest BCUT2D eigenvalue weighted by atomic mass is 10.2. The Balaban J connectivity index is 2.05. The summed E-state index contributed by atoms with van der Waals surface area (Å²) in [5.74, 6) is -0.626. The van der Waals surface area contributed by atoms with Gasteiger partial charge in [-0.25, -0.2) is 4.39 Å². The van der Waals surface area contributed by atoms with Crippen LogP contribution >= 0.6 is 11.3 Å². The van der Waals surface area contributed by atoms with E-state index in [0.717, 1.165) is 10.4 Å². The number of benzene rings is 1. The van der Waals surface area contributed by atoms with Crippen LogP contribution in [0.3, 0.4) is 0 Å². The van der Waals surface area contributed by atoms with Crippen molar-refractivity contribution in [3.63, 3.8) is 0 Å². The molecule has 1 amide bonds. The molecule has 0 atom stereocenters. The summed E-state index contributed by atoms with van der Waals surface area (Å²) in [4.78, 5) is 14.0. The third-order valence-corrected chi connectivity index (χ3v) is 3.58. The molecule has 0 aliphatic rings. The normalized spacial score (nSPS) is 10.9. The number of carbonyl (C=O) groups excluding carboxylic acids is 1. The van der Waals surface area contributed by atoms with Crippen LogP contribution in [0, 0.1) is 19.7 Å². The molecule has 0 aliphatic heterocycles. The lowest BCUT2D eigenvalue weighted by Gasteiger charge is -2.05. The van der Waals surface area contributed by atoms with E-state index in [1.54, 1.807) is 23.5 Å². The van der Waals surface area contributed by atoms with Gasteiger partial charge in [0.1, 0.15) is 5.82 Å². The molecule has 1 heterocycles. The highest BCUT2D eigenvalue weighted by molar-refractivity contribution is 7.12. The second kappa shape index (κ2) is 5.80. The zero-order valence-corrected chi connectivity index (χ0v) is 11.6. The molecule has 19 heavy (non-hydrogen) atoms. The van der Waals surface area contributed by atoms with E-state index >= 15 is 0 Å². The van der Waals surface area contributed by atoms with Gasteiger partial charge in [-0.2, -0.15) is 0 Å². The molecule has 2 nitrogen and oxygen atoms in total. The Morgan fingerprint density at radius 3 is 2.74 bits per heavy atom. The van der Waals surface area contributed by atoms with E-state index in [1.165, 1.54) is 23.1 Å². The van der Waals surface area contributed by atoms with Gasteiger partial charge in [-0.05, 0) is 49.8 Å². The first-order valence-electron chi connectivity index (χ1n) is 5.86. The molecular weight excluding hydrogens is 261 g/mol. The van der Waals surface area contributed by atoms with Crippen molar-refractivity contribution in [2.45, 2.75) is 13.8 Å². The Bertz CT molecular complexity index is 631. The molecular formula is C15H14FNOS. The molecule has 0 radical (unpaired) electrons. The molecule has 0 saturated heterocycles. The van der Waals surface area contributed by atoms with E-state index in [4.69, 9.17) is 0 Å². The van der Waals surface area contributed by atoms with Crippen molar-refractivity contribution >= 4 is 29.0 Å². The standard InChI is InChI=1S/C15H14FNOS/c1-10-3-5-12(16)9-14(10)17-15(18)8-7-13-6-4-11(2)19-13/h3-9H,1-2H3,(H,17,18)/b8-7+. The van der Waals surface area contributed by atoms with E-state index in [-0.39, 0.29) is 11.7 Å². The molecule has 0 unspecified atom stereocenters. The molecule has 0 spiro atoms. The number of thiophene rings is 1. The van der Waals surface area contributed by atoms with Gasteiger partial charge in [0.2, 0.25) is 5.91 Å². The van der Waals surface area contributed by atoms with E-state index in [1.807, 2.05) is 26.0 Å². The van der Waals surface area contributed by atoms with E-state index < -0.39 is 0 Å². The van der Waals surface area contributed by atoms with Crippen LogP contribution in [0.25, 0.3) is 6.08 Å². The minimum Gasteiger partial charge on any atom is -0.322 e. The number of nitrogens with one attached hydrogen (secondary N) is 1. The van der Waals surface area contributed by atoms with E-state index in [2.05, 4.69) is 5.32 Å². The maximum atomic E-state index is 13.1. The van der Waals surface area contributed by atoms with Crippen LogP contribution in [0.1, 0.15) is 15.3 Å². The average Bonchev–Trinajstić information content (AvgIpc) is 2.77. The second-order valence-corrected chi connectivity index (χ2v) is 5.55. The van der Waals surface area contributed by atoms with Crippen LogP contribution in [-0.4, -0.2) is 5.91 Å². The fourth-order valence-electron chi connectivity index (χ4n) is 1.60. The van der Waals surface area contributed by atoms with E-state index in [9.17, 15) is 9.18 Å². The number of hydrogen-bond acceptors (Lipinski definition) is 2. The lowest BCUT2D eigenvalue weighted by molar-refractivity contribution is -0.111. The third-order valence-electron chi connectivity index (χ3n) is 2.62. The highest BCUT2D eigenvalue weighted by atomic mass is 32.1. The van der Waals surface area contributed by atoms with Crippen molar-refractivity contribution in [1.29, 1.82) is 0 Å². The monoisotopic (exact) mass is 275 g/mol. The van der Waals surface area contributed by atoms with Gasteiger partial charge in [0.25, 0.3) is 0 Å². The van der Waals surface area contributed by atoms with Gasteiger partial charge in [0, 0.05) is 21.5 Å². The van der Waals surface area contributed by atoms with Crippen molar-refractivity contribution in [2.24, 2.45) is 0 Å². The van der Waals surface area contributed by atoms with Gasteiger partial charge in [-0.15, -0.1) is 11.3 Å². The summed E-state index contributed by atoms with van der Waals surface area (Å²) in [5.41, 5.74) is 1.33. The van der Waals surface area contributed by atoms with Crippen molar-refractivity contribution in [1.82, 2.24) is 0 Å². The zero-order chi connectivity index (χ0) is 13.8. The van der Waals surface area contributed by atoms with Crippen LogP contribution in [0.5, 0.6) is 0 Å². The molecule has 0 saturated carbocycles. The van der Waals surface area contributed by atoms with Gasteiger partial charge in [-0.1, -0.05) is 6.07 Å². The van der Waals surface area contributed by atoms with Crippen molar-refractivity contribution in [3.05, 3.63) is 57.5 Å². The molecule has 2 rings (SSSR count). The zero-order valence-electron chi connectivity index (χ0n) is 10.7. The molecule has 0 aliphatic carbocycles. The number of halogens is 1. The minimum atomic E-state index is -0.362. The lowest BCUT2D eigenvalue weighted by Crippen LogP contribution is -2.09. The van der Waals surface area contributed by atoms with Crippen LogP contribution in [0.15, 0.2) is 36.4 Å². The summed E-state index contributed by atoms with van der Waals surface area (Å²) >= 11 is 1.61. The van der Waals surface area contributed by atoms with Crippen molar-refractivity contribution in [2.75, 3.05) is 5.32 Å². The average molecular weight is 275 g/mol. The Morgan fingerprint density at radius 1 is 1.26 bits per heavy atom. The number of anilines is 1. The number of hydrogen-bond donors (Lipinski definition) is 1. The number of amides is 1. The van der Waals surface area contributed by atoms with Crippen molar-refractivity contribution in [3.8, 4) is 0 Å². The molecule has 1 aromatic heterocycles. The summed E-state index contributed by atoms with van der Waals surface area (Å²) < 4.78 is 13.1. The first-order valence-corrected chi connectivity index (χ1v) is 6.68. The Hall–Kier alpha value is -1.94. The summed E-state index contributed by atoms with van der Waals surface area (Å²) in [7, 11) is 0. The Labute approximate surface area is 115 Å². The first kappa shape index (κ1) is 13.5. The Morgan fingerprint density at radius 2 is 2.05 bits per heavy atom. The summed E-state index contributed by atoms with van der Waals surface area (Å²) in [6, 6.07) is 8.28. The van der Waals surface area contributed by atoms with Gasteiger partial charge in [0.15, 0.2) is 0 Å². The molecule has 1 N–H and O–H groups in total. The van der Waals surface area contributed by atoms with Crippen LogP contribution in [-0.2, 0) is 4.79 Å². The highest BCUT2D eigenvalue weighted by Crippen LogP contribution is 2.18. The van der Waals surface area contributed by atoms with Crippen LogP contribution in [0.4, 0.5) is 10.1 Å². The maximum Gasteiger partial charge on any atom is 0.248 e. The van der Waals surface area contributed by atoms with Crippen LogP contribution in [0.2, 0.25) is 0 Å². The molecule has 4 heteroatoms. The van der Waals surface area contributed by atoms with Gasteiger partial charge < -0.3 is 5.32 Å².